The molecule has 0 aromatic carbocycles. The Balaban J connectivity index is 2.33. The van der Waals surface area contributed by atoms with Gasteiger partial charge < -0.3 is 5.32 Å². The van der Waals surface area contributed by atoms with E-state index in [1.807, 2.05) is 0 Å². The molecule has 1 heterocycles. The van der Waals surface area contributed by atoms with Gasteiger partial charge in [-0.3, -0.25) is 0 Å². The molecule has 0 spiro atoms. The standard InChI is InChI=1S/C9H17N/c1-8(2)6-9-4-3-5-10-7-9/h6,9-10H,3-5,7H2,1-2H3. The minimum absolute atomic E-state index is 0.804. The van der Waals surface area contributed by atoms with Crippen molar-refractivity contribution in [3.05, 3.63) is 11.6 Å². The fraction of sp³-hybridized carbons (Fsp3) is 0.778. The number of nitrogens with one attached hydrogen (secondary N) is 1. The molecule has 1 heteroatoms. The third-order valence-electron chi connectivity index (χ3n) is 1.90. The quantitative estimate of drug-likeness (QED) is 0.547. The smallest absolute Gasteiger partial charge is 0.00143 e. The van der Waals surface area contributed by atoms with E-state index in [1.165, 1.54) is 31.5 Å². The Morgan fingerprint density at radius 1 is 1.50 bits per heavy atom. The Hall–Kier alpha value is -0.300. The average molecular weight is 139 g/mol. The molecule has 1 saturated heterocycles. The first kappa shape index (κ1) is 7.80. The van der Waals surface area contributed by atoms with Crippen LogP contribution in [0.25, 0.3) is 0 Å². The molecular weight excluding hydrogens is 122 g/mol. The molecule has 1 atom stereocenters. The van der Waals surface area contributed by atoms with Crippen molar-refractivity contribution in [1.82, 2.24) is 5.32 Å². The molecule has 1 N–H and O–H groups in total. The predicted octanol–water partition coefficient (Wildman–Crippen LogP) is 1.95. The normalized spacial score (nSPS) is 26.0. The molecule has 0 aromatic rings. The minimum atomic E-state index is 0.804. The van der Waals surface area contributed by atoms with Gasteiger partial charge in [-0.15, -0.1) is 0 Å². The highest BCUT2D eigenvalue weighted by Gasteiger charge is 2.08. The molecule has 1 rings (SSSR count). The van der Waals surface area contributed by atoms with E-state index in [0.717, 1.165) is 5.92 Å². The number of rotatable bonds is 1. The van der Waals surface area contributed by atoms with E-state index >= 15 is 0 Å². The molecule has 0 saturated carbocycles. The highest BCUT2D eigenvalue weighted by molar-refractivity contribution is 4.98. The summed E-state index contributed by atoms with van der Waals surface area (Å²) in [4.78, 5) is 0. The van der Waals surface area contributed by atoms with E-state index in [1.54, 1.807) is 0 Å². The van der Waals surface area contributed by atoms with Gasteiger partial charge in [-0.1, -0.05) is 11.6 Å². The van der Waals surface area contributed by atoms with Crippen molar-refractivity contribution in [3.8, 4) is 0 Å². The Bertz CT molecular complexity index is 117. The van der Waals surface area contributed by atoms with Crippen molar-refractivity contribution in [1.29, 1.82) is 0 Å². The summed E-state index contributed by atoms with van der Waals surface area (Å²) < 4.78 is 0. The monoisotopic (exact) mass is 139 g/mol. The van der Waals surface area contributed by atoms with E-state index in [4.69, 9.17) is 0 Å². The molecule has 10 heavy (non-hydrogen) atoms. The lowest BCUT2D eigenvalue weighted by atomic mass is 9.98. The number of piperidine rings is 1. The molecular formula is C9H17N. The van der Waals surface area contributed by atoms with Crippen LogP contribution < -0.4 is 5.32 Å². The molecule has 0 aliphatic carbocycles. The van der Waals surface area contributed by atoms with Crippen molar-refractivity contribution < 1.29 is 0 Å². The van der Waals surface area contributed by atoms with E-state index in [-0.39, 0.29) is 0 Å². The second-order valence-electron chi connectivity index (χ2n) is 3.35. The Kier molecular flexibility index (Phi) is 2.94. The molecule has 58 valence electrons. The van der Waals surface area contributed by atoms with Gasteiger partial charge >= 0.3 is 0 Å². The minimum Gasteiger partial charge on any atom is -0.316 e. The van der Waals surface area contributed by atoms with Gasteiger partial charge in [-0.25, -0.2) is 0 Å². The summed E-state index contributed by atoms with van der Waals surface area (Å²) in [7, 11) is 0. The van der Waals surface area contributed by atoms with E-state index in [2.05, 4.69) is 25.2 Å². The largest absolute Gasteiger partial charge is 0.316 e. The lowest BCUT2D eigenvalue weighted by molar-refractivity contribution is 0.437. The molecule has 0 radical (unpaired) electrons. The number of hydrogen-bond donors (Lipinski definition) is 1. The van der Waals surface area contributed by atoms with Gasteiger partial charge in [0.1, 0.15) is 0 Å². The van der Waals surface area contributed by atoms with Crippen LogP contribution in [0.4, 0.5) is 0 Å². The zero-order chi connectivity index (χ0) is 7.40. The maximum atomic E-state index is 3.40. The summed E-state index contributed by atoms with van der Waals surface area (Å²) in [6.45, 7) is 6.75. The van der Waals surface area contributed by atoms with Gasteiger partial charge in [-0.2, -0.15) is 0 Å². The van der Waals surface area contributed by atoms with Crippen molar-refractivity contribution in [2.75, 3.05) is 13.1 Å². The maximum absolute atomic E-state index is 3.40. The summed E-state index contributed by atoms with van der Waals surface area (Å²) in [5.74, 6) is 0.804. The number of allylic oxidation sites excluding steroid dienone is 1. The van der Waals surface area contributed by atoms with Crippen LogP contribution in [0.2, 0.25) is 0 Å². The zero-order valence-electron chi connectivity index (χ0n) is 6.98. The van der Waals surface area contributed by atoms with Crippen molar-refractivity contribution in [2.24, 2.45) is 5.92 Å². The van der Waals surface area contributed by atoms with Gasteiger partial charge in [-0.05, 0) is 39.2 Å². The Morgan fingerprint density at radius 3 is 2.80 bits per heavy atom. The van der Waals surface area contributed by atoms with Crippen LogP contribution in [0.1, 0.15) is 26.7 Å². The zero-order valence-corrected chi connectivity index (χ0v) is 6.98. The fourth-order valence-corrected chi connectivity index (χ4v) is 1.49. The Labute approximate surface area is 63.5 Å². The summed E-state index contributed by atoms with van der Waals surface area (Å²) in [5.41, 5.74) is 1.45. The molecule has 0 aromatic heterocycles. The third-order valence-corrected chi connectivity index (χ3v) is 1.90. The highest BCUT2D eigenvalue weighted by atomic mass is 14.9. The van der Waals surface area contributed by atoms with Crippen LogP contribution in [0.5, 0.6) is 0 Å². The highest BCUT2D eigenvalue weighted by Crippen LogP contribution is 2.12. The average Bonchev–Trinajstić information content (AvgIpc) is 1.88. The first-order valence-electron chi connectivity index (χ1n) is 4.15. The summed E-state index contributed by atoms with van der Waals surface area (Å²) in [6, 6.07) is 0. The van der Waals surface area contributed by atoms with Crippen LogP contribution >= 0.6 is 0 Å². The van der Waals surface area contributed by atoms with Crippen LogP contribution in [0, 0.1) is 5.92 Å². The van der Waals surface area contributed by atoms with Crippen molar-refractivity contribution in [2.45, 2.75) is 26.7 Å². The lowest BCUT2D eigenvalue weighted by Gasteiger charge is -2.19. The second kappa shape index (κ2) is 3.77. The maximum Gasteiger partial charge on any atom is 0.00143 e. The van der Waals surface area contributed by atoms with Crippen LogP contribution in [0.3, 0.4) is 0 Å². The first-order valence-corrected chi connectivity index (χ1v) is 4.15. The van der Waals surface area contributed by atoms with E-state index < -0.39 is 0 Å². The van der Waals surface area contributed by atoms with Gasteiger partial charge in [0.25, 0.3) is 0 Å². The predicted molar refractivity (Wildman–Crippen MR) is 45.0 cm³/mol. The molecule has 1 nitrogen and oxygen atoms in total. The van der Waals surface area contributed by atoms with Gasteiger partial charge in [0.05, 0.1) is 0 Å². The topological polar surface area (TPSA) is 12.0 Å². The summed E-state index contributed by atoms with van der Waals surface area (Å²) in [5, 5.41) is 3.40. The van der Waals surface area contributed by atoms with Gasteiger partial charge in [0.2, 0.25) is 0 Å². The van der Waals surface area contributed by atoms with Gasteiger partial charge in [0, 0.05) is 6.54 Å². The van der Waals surface area contributed by atoms with Crippen molar-refractivity contribution >= 4 is 0 Å². The molecule has 1 aliphatic rings. The molecule has 0 bridgehead atoms. The molecule has 1 aliphatic heterocycles. The Morgan fingerprint density at radius 2 is 2.30 bits per heavy atom. The third kappa shape index (κ3) is 2.53. The SMILES string of the molecule is CC(C)=CC1CCCNC1. The second-order valence-corrected chi connectivity index (χ2v) is 3.35. The first-order chi connectivity index (χ1) is 4.79. The van der Waals surface area contributed by atoms with Crippen LogP contribution in [-0.4, -0.2) is 13.1 Å². The summed E-state index contributed by atoms with van der Waals surface area (Å²) in [6.07, 6.45) is 5.10. The molecule has 1 fully saturated rings. The van der Waals surface area contributed by atoms with Gasteiger partial charge in [0.15, 0.2) is 0 Å². The van der Waals surface area contributed by atoms with Crippen LogP contribution in [0.15, 0.2) is 11.6 Å². The fourth-order valence-electron chi connectivity index (χ4n) is 1.49. The van der Waals surface area contributed by atoms with E-state index in [9.17, 15) is 0 Å². The van der Waals surface area contributed by atoms with E-state index in [0.29, 0.717) is 0 Å². The molecule has 1 unspecified atom stereocenters. The lowest BCUT2D eigenvalue weighted by Crippen LogP contribution is -2.28. The van der Waals surface area contributed by atoms with Crippen LogP contribution in [-0.2, 0) is 0 Å². The van der Waals surface area contributed by atoms with Crippen molar-refractivity contribution in [3.63, 3.8) is 0 Å². The number of hydrogen-bond acceptors (Lipinski definition) is 1. The summed E-state index contributed by atoms with van der Waals surface area (Å²) >= 11 is 0. The molecule has 0 amide bonds.